The van der Waals surface area contributed by atoms with Crippen LogP contribution >= 0.6 is 27.5 Å². The molecule has 1 fully saturated rings. The third-order valence-electron chi connectivity index (χ3n) is 4.18. The van der Waals surface area contributed by atoms with Crippen LogP contribution in [0.3, 0.4) is 0 Å². The molecule has 0 aliphatic heterocycles. The molecule has 2 amide bonds. The van der Waals surface area contributed by atoms with E-state index < -0.39 is 0 Å². The first-order valence-corrected chi connectivity index (χ1v) is 9.33. The van der Waals surface area contributed by atoms with Crippen LogP contribution in [0.25, 0.3) is 0 Å². The first-order valence-electron chi connectivity index (χ1n) is 8.15. The molecule has 2 N–H and O–H groups in total. The Labute approximate surface area is 154 Å². The third kappa shape index (κ3) is 4.51. The van der Waals surface area contributed by atoms with Gasteiger partial charge in [0.15, 0.2) is 5.82 Å². The van der Waals surface area contributed by atoms with Crippen molar-refractivity contribution in [2.75, 3.05) is 5.32 Å². The van der Waals surface area contributed by atoms with E-state index in [9.17, 15) is 4.79 Å². The molecule has 128 valence electrons. The number of aromatic nitrogens is 2. The zero-order chi connectivity index (χ0) is 16.9. The van der Waals surface area contributed by atoms with Crippen LogP contribution in [0.5, 0.6) is 0 Å². The van der Waals surface area contributed by atoms with E-state index in [2.05, 4.69) is 31.7 Å². The quantitative estimate of drug-likeness (QED) is 0.759. The van der Waals surface area contributed by atoms with E-state index in [0.717, 1.165) is 22.9 Å². The van der Waals surface area contributed by atoms with Crippen LogP contribution in [-0.2, 0) is 6.54 Å². The summed E-state index contributed by atoms with van der Waals surface area (Å²) in [5.41, 5.74) is 0.979. The Morgan fingerprint density at radius 3 is 2.79 bits per heavy atom. The second-order valence-electron chi connectivity index (χ2n) is 6.05. The molecule has 1 aliphatic carbocycles. The Balaban J connectivity index is 1.61. The zero-order valence-corrected chi connectivity index (χ0v) is 15.6. The Bertz CT molecular complexity index is 712. The molecule has 5 nitrogen and oxygen atoms in total. The van der Waals surface area contributed by atoms with Crippen molar-refractivity contribution in [3.05, 3.63) is 45.5 Å². The molecule has 0 radical (unpaired) electrons. The van der Waals surface area contributed by atoms with Crippen molar-refractivity contribution in [1.29, 1.82) is 0 Å². The molecule has 7 heteroatoms. The van der Waals surface area contributed by atoms with Crippen LogP contribution in [0.2, 0.25) is 5.02 Å². The number of nitrogens with one attached hydrogen (secondary N) is 2. The van der Waals surface area contributed by atoms with Gasteiger partial charge in [-0.25, -0.2) is 4.79 Å². The summed E-state index contributed by atoms with van der Waals surface area (Å²) < 4.78 is 2.50. The largest absolute Gasteiger partial charge is 0.335 e. The normalized spacial score (nSPS) is 15.2. The van der Waals surface area contributed by atoms with Gasteiger partial charge in [0.1, 0.15) is 0 Å². The van der Waals surface area contributed by atoms with Crippen LogP contribution in [0.4, 0.5) is 10.6 Å². The molecular weight excluding hydrogens is 392 g/mol. The molecule has 24 heavy (non-hydrogen) atoms. The van der Waals surface area contributed by atoms with Gasteiger partial charge in [0.05, 0.1) is 11.0 Å². The van der Waals surface area contributed by atoms with Crippen LogP contribution in [-0.4, -0.2) is 21.9 Å². The predicted octanol–water partition coefficient (Wildman–Crippen LogP) is 4.80. The predicted molar refractivity (Wildman–Crippen MR) is 99.5 cm³/mol. The number of rotatable bonds is 4. The average Bonchev–Trinajstić information content (AvgIpc) is 2.90. The van der Waals surface area contributed by atoms with Gasteiger partial charge < -0.3 is 5.32 Å². The van der Waals surface area contributed by atoms with Crippen molar-refractivity contribution in [1.82, 2.24) is 15.1 Å². The van der Waals surface area contributed by atoms with Gasteiger partial charge >= 0.3 is 6.03 Å². The molecule has 1 saturated carbocycles. The fourth-order valence-corrected chi connectivity index (χ4v) is 3.55. The highest BCUT2D eigenvalue weighted by Gasteiger charge is 2.17. The molecule has 1 heterocycles. The summed E-state index contributed by atoms with van der Waals surface area (Å²) in [4.78, 5) is 12.1. The summed E-state index contributed by atoms with van der Waals surface area (Å²) in [6.07, 6.45) is 7.56. The highest BCUT2D eigenvalue weighted by atomic mass is 79.9. The van der Waals surface area contributed by atoms with Crippen LogP contribution in [0.15, 0.2) is 34.9 Å². The maximum atomic E-state index is 12.1. The number of anilines is 1. The van der Waals surface area contributed by atoms with E-state index >= 15 is 0 Å². The fourth-order valence-electron chi connectivity index (χ4n) is 2.94. The number of hydrogen-bond donors (Lipinski definition) is 2. The van der Waals surface area contributed by atoms with Gasteiger partial charge in [-0.1, -0.05) is 49.1 Å². The highest BCUT2D eigenvalue weighted by Crippen LogP contribution is 2.23. The van der Waals surface area contributed by atoms with E-state index in [1.807, 2.05) is 30.5 Å². The summed E-state index contributed by atoms with van der Waals surface area (Å²) in [6.45, 7) is 0.546. The number of amides is 2. The summed E-state index contributed by atoms with van der Waals surface area (Å²) in [5, 5.41) is 11.0. The molecule has 0 spiro atoms. The lowest BCUT2D eigenvalue weighted by molar-refractivity contribution is 0.244. The van der Waals surface area contributed by atoms with Crippen molar-refractivity contribution < 1.29 is 4.79 Å². The van der Waals surface area contributed by atoms with Crippen molar-refractivity contribution in [3.63, 3.8) is 0 Å². The molecular formula is C17H20BrClN4O. The van der Waals surface area contributed by atoms with E-state index in [-0.39, 0.29) is 12.1 Å². The lowest BCUT2D eigenvalue weighted by Crippen LogP contribution is -2.39. The Hall–Kier alpha value is -1.53. The smallest absolute Gasteiger partial charge is 0.320 e. The Morgan fingerprint density at radius 2 is 2.04 bits per heavy atom. The van der Waals surface area contributed by atoms with Crippen LogP contribution in [0.1, 0.15) is 37.7 Å². The highest BCUT2D eigenvalue weighted by molar-refractivity contribution is 9.10. The topological polar surface area (TPSA) is 59.0 Å². The van der Waals surface area contributed by atoms with Gasteiger partial charge in [-0.05, 0) is 40.4 Å². The number of nitrogens with zero attached hydrogens (tertiary/aromatic N) is 2. The molecule has 3 rings (SSSR count). The number of carbonyl (C=O) groups excluding carboxylic acids is 1. The molecule has 1 aliphatic rings. The lowest BCUT2D eigenvalue weighted by Gasteiger charge is -2.22. The molecule has 0 atom stereocenters. The second kappa shape index (κ2) is 8.03. The van der Waals surface area contributed by atoms with E-state index in [1.54, 1.807) is 4.68 Å². The molecule has 0 bridgehead atoms. The standard InChI is InChI=1S/C17H20BrClN4O/c18-14-11-23(10-12-6-4-5-9-15(12)19)22-16(14)21-17(24)20-13-7-2-1-3-8-13/h4-6,9,11,13H,1-3,7-8,10H2,(H2,20,21,22,24). The van der Waals surface area contributed by atoms with Crippen LogP contribution < -0.4 is 10.6 Å². The number of benzene rings is 1. The zero-order valence-electron chi connectivity index (χ0n) is 13.3. The van der Waals surface area contributed by atoms with Crippen molar-refractivity contribution in [3.8, 4) is 0 Å². The minimum absolute atomic E-state index is 0.203. The Kier molecular flexibility index (Phi) is 5.79. The second-order valence-corrected chi connectivity index (χ2v) is 7.31. The average molecular weight is 412 g/mol. The van der Waals surface area contributed by atoms with Gasteiger partial charge in [0, 0.05) is 17.3 Å². The van der Waals surface area contributed by atoms with Gasteiger partial charge in [-0.3, -0.25) is 10.00 Å². The summed E-state index contributed by atoms with van der Waals surface area (Å²) in [7, 11) is 0. The molecule has 0 unspecified atom stereocenters. The molecule has 0 saturated heterocycles. The minimum atomic E-state index is -0.203. The van der Waals surface area contributed by atoms with Crippen molar-refractivity contribution in [2.24, 2.45) is 0 Å². The summed E-state index contributed by atoms with van der Waals surface area (Å²) in [6, 6.07) is 7.71. The summed E-state index contributed by atoms with van der Waals surface area (Å²) >= 11 is 9.62. The number of carbonyl (C=O) groups is 1. The van der Waals surface area contributed by atoms with Crippen molar-refractivity contribution in [2.45, 2.75) is 44.7 Å². The van der Waals surface area contributed by atoms with E-state index in [1.165, 1.54) is 19.3 Å². The first kappa shape index (κ1) is 17.3. The maximum Gasteiger partial charge on any atom is 0.320 e. The van der Waals surface area contributed by atoms with Gasteiger partial charge in [0.2, 0.25) is 0 Å². The minimum Gasteiger partial charge on any atom is -0.335 e. The number of halogens is 2. The number of urea groups is 1. The SMILES string of the molecule is O=C(Nc1nn(Cc2ccccc2Cl)cc1Br)NC1CCCCC1. The fraction of sp³-hybridized carbons (Fsp3) is 0.412. The van der Waals surface area contributed by atoms with Crippen LogP contribution in [0, 0.1) is 0 Å². The molecule has 1 aromatic heterocycles. The van der Waals surface area contributed by atoms with Gasteiger partial charge in [-0.2, -0.15) is 5.10 Å². The third-order valence-corrected chi connectivity index (χ3v) is 5.13. The Morgan fingerprint density at radius 1 is 1.29 bits per heavy atom. The van der Waals surface area contributed by atoms with Gasteiger partial charge in [0.25, 0.3) is 0 Å². The van der Waals surface area contributed by atoms with Crippen molar-refractivity contribution >= 4 is 39.4 Å². The van der Waals surface area contributed by atoms with E-state index in [0.29, 0.717) is 17.4 Å². The molecule has 2 aromatic rings. The maximum absolute atomic E-state index is 12.1. The lowest BCUT2D eigenvalue weighted by atomic mass is 9.96. The van der Waals surface area contributed by atoms with Gasteiger partial charge in [-0.15, -0.1) is 0 Å². The van der Waals surface area contributed by atoms with E-state index in [4.69, 9.17) is 11.6 Å². The summed E-state index contributed by atoms with van der Waals surface area (Å²) in [5.74, 6) is 0.510. The number of hydrogen-bond acceptors (Lipinski definition) is 2. The molecule has 1 aromatic carbocycles. The monoisotopic (exact) mass is 410 g/mol. The first-order chi connectivity index (χ1) is 11.6.